The van der Waals surface area contributed by atoms with Gasteiger partial charge in [0.1, 0.15) is 11.5 Å². The molecule has 3 N–H and O–H groups in total. The summed E-state index contributed by atoms with van der Waals surface area (Å²) < 4.78 is 57.2. The van der Waals surface area contributed by atoms with E-state index in [0.29, 0.717) is 18.7 Å². The predicted molar refractivity (Wildman–Crippen MR) is 89.8 cm³/mol. The second kappa shape index (κ2) is 7.89. The Morgan fingerprint density at radius 1 is 1.22 bits per heavy atom. The number of hydrogen-bond donors (Lipinski definition) is 3. The second-order valence-electron chi connectivity index (χ2n) is 5.81. The van der Waals surface area contributed by atoms with Gasteiger partial charge in [-0.2, -0.15) is 13.2 Å². The van der Waals surface area contributed by atoms with Gasteiger partial charge in [0.25, 0.3) is 0 Å². The first-order chi connectivity index (χ1) is 12.8. The molecule has 2 heterocycles. The Balaban J connectivity index is 1.62. The van der Waals surface area contributed by atoms with Crippen LogP contribution in [-0.4, -0.2) is 30.7 Å². The van der Waals surface area contributed by atoms with Gasteiger partial charge in [-0.15, -0.1) is 0 Å². The summed E-state index contributed by atoms with van der Waals surface area (Å²) in [5.41, 5.74) is -0.466. The van der Waals surface area contributed by atoms with Gasteiger partial charge in [0, 0.05) is 13.1 Å². The van der Waals surface area contributed by atoms with E-state index in [-0.39, 0.29) is 17.5 Å². The number of amides is 2. The number of nitrogens with one attached hydrogen (secondary N) is 3. The van der Waals surface area contributed by atoms with Crippen molar-refractivity contribution >= 4 is 17.4 Å². The third-order valence-electron chi connectivity index (χ3n) is 3.85. The SMILES string of the molecule is O=C(Nc1ccc(C(F)(F)F)nc1)Nc1ccc(C2CNCCO2)cc1F. The highest BCUT2D eigenvalue weighted by Crippen LogP contribution is 2.28. The van der Waals surface area contributed by atoms with E-state index in [1.807, 2.05) is 0 Å². The normalized spacial score (nSPS) is 17.4. The van der Waals surface area contributed by atoms with Crippen LogP contribution in [0.5, 0.6) is 0 Å². The lowest BCUT2D eigenvalue weighted by Crippen LogP contribution is -2.33. The van der Waals surface area contributed by atoms with E-state index in [2.05, 4.69) is 20.9 Å². The minimum atomic E-state index is -4.57. The molecule has 0 radical (unpaired) electrons. The second-order valence-corrected chi connectivity index (χ2v) is 5.81. The third kappa shape index (κ3) is 4.92. The third-order valence-corrected chi connectivity index (χ3v) is 3.85. The first kappa shape index (κ1) is 19.1. The molecule has 3 rings (SSSR count). The number of ether oxygens (including phenoxy) is 1. The Morgan fingerprint density at radius 3 is 2.63 bits per heavy atom. The molecular weight excluding hydrogens is 368 g/mol. The number of carbonyl (C=O) groups excluding carboxylic acids is 1. The number of pyridine rings is 1. The molecule has 1 aromatic carbocycles. The van der Waals surface area contributed by atoms with Crippen molar-refractivity contribution in [1.82, 2.24) is 10.3 Å². The Morgan fingerprint density at radius 2 is 2.04 bits per heavy atom. The summed E-state index contributed by atoms with van der Waals surface area (Å²) in [6, 6.07) is 5.29. The number of benzene rings is 1. The molecule has 10 heteroatoms. The number of morpholine rings is 1. The summed E-state index contributed by atoms with van der Waals surface area (Å²) in [4.78, 5) is 15.2. The number of alkyl halides is 3. The highest BCUT2D eigenvalue weighted by molar-refractivity contribution is 5.99. The number of rotatable bonds is 3. The molecule has 0 saturated carbocycles. The molecule has 27 heavy (non-hydrogen) atoms. The molecule has 0 bridgehead atoms. The fourth-order valence-corrected chi connectivity index (χ4v) is 2.53. The predicted octanol–water partition coefficient (Wildman–Crippen LogP) is 3.54. The van der Waals surface area contributed by atoms with Crippen molar-refractivity contribution in [1.29, 1.82) is 0 Å². The average Bonchev–Trinajstić information content (AvgIpc) is 2.64. The molecule has 1 fully saturated rings. The maximum atomic E-state index is 14.2. The summed E-state index contributed by atoms with van der Waals surface area (Å²) in [7, 11) is 0. The summed E-state index contributed by atoms with van der Waals surface area (Å²) >= 11 is 0. The van der Waals surface area contributed by atoms with Gasteiger partial charge in [0.05, 0.1) is 30.3 Å². The highest BCUT2D eigenvalue weighted by Gasteiger charge is 2.32. The van der Waals surface area contributed by atoms with Crippen LogP contribution in [0.3, 0.4) is 0 Å². The van der Waals surface area contributed by atoms with Gasteiger partial charge in [-0.3, -0.25) is 0 Å². The van der Waals surface area contributed by atoms with Gasteiger partial charge >= 0.3 is 12.2 Å². The first-order valence-electron chi connectivity index (χ1n) is 8.06. The van der Waals surface area contributed by atoms with E-state index in [9.17, 15) is 22.4 Å². The fraction of sp³-hybridized carbons (Fsp3) is 0.294. The maximum absolute atomic E-state index is 14.2. The fourth-order valence-electron chi connectivity index (χ4n) is 2.53. The molecule has 144 valence electrons. The van der Waals surface area contributed by atoms with Crippen LogP contribution in [0.1, 0.15) is 17.4 Å². The molecule has 2 amide bonds. The van der Waals surface area contributed by atoms with Crippen molar-refractivity contribution in [2.45, 2.75) is 12.3 Å². The molecular formula is C17H16F4N4O2. The molecule has 1 saturated heterocycles. The molecule has 1 atom stereocenters. The Bertz CT molecular complexity index is 806. The van der Waals surface area contributed by atoms with Crippen LogP contribution in [0, 0.1) is 5.82 Å². The first-order valence-corrected chi connectivity index (χ1v) is 8.06. The molecule has 0 aliphatic carbocycles. The van der Waals surface area contributed by atoms with Crippen molar-refractivity contribution < 1.29 is 27.1 Å². The topological polar surface area (TPSA) is 75.3 Å². The largest absolute Gasteiger partial charge is 0.433 e. The number of carbonyl (C=O) groups is 1. The van der Waals surface area contributed by atoms with Crippen LogP contribution >= 0.6 is 0 Å². The summed E-state index contributed by atoms with van der Waals surface area (Å²) in [5.74, 6) is -0.651. The minimum absolute atomic E-state index is 0.0409. The van der Waals surface area contributed by atoms with Gasteiger partial charge in [-0.25, -0.2) is 14.2 Å². The molecule has 1 aromatic heterocycles. The van der Waals surface area contributed by atoms with Gasteiger partial charge in [0.2, 0.25) is 0 Å². The van der Waals surface area contributed by atoms with Crippen LogP contribution in [0.4, 0.5) is 33.7 Å². The van der Waals surface area contributed by atoms with Crippen molar-refractivity contribution in [3.63, 3.8) is 0 Å². The smallest absolute Gasteiger partial charge is 0.371 e. The van der Waals surface area contributed by atoms with E-state index in [4.69, 9.17) is 4.74 Å². The van der Waals surface area contributed by atoms with Gasteiger partial charge < -0.3 is 20.7 Å². The van der Waals surface area contributed by atoms with Crippen LogP contribution in [0.2, 0.25) is 0 Å². The Hall–Kier alpha value is -2.72. The number of urea groups is 1. The molecule has 1 aliphatic rings. The highest BCUT2D eigenvalue weighted by atomic mass is 19.4. The number of nitrogens with zero attached hydrogens (tertiary/aromatic N) is 1. The number of aromatic nitrogens is 1. The van der Waals surface area contributed by atoms with E-state index in [0.717, 1.165) is 24.9 Å². The quantitative estimate of drug-likeness (QED) is 0.708. The Kier molecular flexibility index (Phi) is 5.57. The zero-order valence-electron chi connectivity index (χ0n) is 13.9. The van der Waals surface area contributed by atoms with E-state index in [1.165, 1.54) is 12.1 Å². The number of anilines is 2. The van der Waals surface area contributed by atoms with Crippen molar-refractivity contribution in [3.05, 3.63) is 53.6 Å². The maximum Gasteiger partial charge on any atom is 0.433 e. The molecule has 0 spiro atoms. The Labute approximate surface area is 151 Å². The van der Waals surface area contributed by atoms with Gasteiger partial charge in [-0.05, 0) is 29.8 Å². The van der Waals surface area contributed by atoms with E-state index < -0.39 is 23.7 Å². The lowest BCUT2D eigenvalue weighted by molar-refractivity contribution is -0.141. The average molecular weight is 384 g/mol. The molecule has 6 nitrogen and oxygen atoms in total. The van der Waals surface area contributed by atoms with Crippen molar-refractivity contribution in [2.75, 3.05) is 30.3 Å². The molecule has 1 aliphatic heterocycles. The van der Waals surface area contributed by atoms with Crippen LogP contribution in [-0.2, 0) is 10.9 Å². The molecule has 2 aromatic rings. The van der Waals surface area contributed by atoms with Gasteiger partial charge in [0.15, 0.2) is 0 Å². The summed E-state index contributed by atoms with van der Waals surface area (Å²) in [6.45, 7) is 1.82. The van der Waals surface area contributed by atoms with Crippen LogP contribution < -0.4 is 16.0 Å². The van der Waals surface area contributed by atoms with Gasteiger partial charge in [-0.1, -0.05) is 6.07 Å². The summed E-state index contributed by atoms with van der Waals surface area (Å²) in [5, 5.41) is 7.73. The van der Waals surface area contributed by atoms with Crippen molar-refractivity contribution in [2.24, 2.45) is 0 Å². The monoisotopic (exact) mass is 384 g/mol. The standard InChI is InChI=1S/C17H16F4N4O2/c18-12-7-10(14-9-22-5-6-27-14)1-3-13(12)25-16(26)24-11-2-4-15(23-8-11)17(19,20)21/h1-4,7-8,14,22H,5-6,9H2,(H2,24,25,26). The van der Waals surface area contributed by atoms with Crippen LogP contribution in [0.15, 0.2) is 36.5 Å². The zero-order valence-corrected chi connectivity index (χ0v) is 13.9. The summed E-state index contributed by atoms with van der Waals surface area (Å²) in [6.07, 6.45) is -3.97. The lowest BCUT2D eigenvalue weighted by atomic mass is 10.1. The zero-order chi connectivity index (χ0) is 19.4. The minimum Gasteiger partial charge on any atom is -0.371 e. The number of halogens is 4. The van der Waals surface area contributed by atoms with Crippen molar-refractivity contribution in [3.8, 4) is 0 Å². The molecule has 1 unspecified atom stereocenters. The number of hydrogen-bond acceptors (Lipinski definition) is 4. The van der Waals surface area contributed by atoms with Crippen LogP contribution in [0.25, 0.3) is 0 Å². The van der Waals surface area contributed by atoms with E-state index in [1.54, 1.807) is 6.07 Å². The lowest BCUT2D eigenvalue weighted by Gasteiger charge is -2.24. The van der Waals surface area contributed by atoms with E-state index >= 15 is 0 Å².